The van der Waals surface area contributed by atoms with Gasteiger partial charge in [-0.15, -0.1) is 0 Å². The topological polar surface area (TPSA) is 123 Å². The number of nitro benzene ring substituents is 1. The highest BCUT2D eigenvalue weighted by Crippen LogP contribution is 2.23. The minimum absolute atomic E-state index is 0.0864. The lowest BCUT2D eigenvalue weighted by molar-refractivity contribution is -0.384. The van der Waals surface area contributed by atoms with Crippen LogP contribution in [0.25, 0.3) is 0 Å². The summed E-state index contributed by atoms with van der Waals surface area (Å²) in [4.78, 5) is 34.7. The fraction of sp³-hybridized carbons (Fsp3) is 0.0455. The van der Waals surface area contributed by atoms with Crippen molar-refractivity contribution in [2.75, 3.05) is 11.9 Å². The van der Waals surface area contributed by atoms with Gasteiger partial charge in [0.15, 0.2) is 6.61 Å². The van der Waals surface area contributed by atoms with E-state index in [2.05, 4.69) is 31.8 Å². The minimum atomic E-state index is -0.619. The fourth-order valence-corrected chi connectivity index (χ4v) is 3.19. The van der Waals surface area contributed by atoms with E-state index in [-0.39, 0.29) is 17.9 Å². The summed E-state index contributed by atoms with van der Waals surface area (Å²) >= 11 is 9.38. The number of para-hydroxylation sites is 1. The molecule has 0 unspecified atom stereocenters. The summed E-state index contributed by atoms with van der Waals surface area (Å²) in [6, 6.07) is 17.1. The second-order valence-electron chi connectivity index (χ2n) is 6.51. The normalized spacial score (nSPS) is 10.6. The molecule has 0 radical (unpaired) electrons. The molecule has 0 heterocycles. The first kappa shape index (κ1) is 23.9. The lowest BCUT2D eigenvalue weighted by Gasteiger charge is -2.11. The van der Waals surface area contributed by atoms with Crippen LogP contribution in [0, 0.1) is 10.1 Å². The van der Waals surface area contributed by atoms with Crippen molar-refractivity contribution < 1.29 is 19.2 Å². The second kappa shape index (κ2) is 11.2. The molecule has 2 amide bonds. The Hall–Kier alpha value is -3.76. The van der Waals surface area contributed by atoms with Gasteiger partial charge in [0.1, 0.15) is 5.75 Å². The zero-order chi connectivity index (χ0) is 23.8. The van der Waals surface area contributed by atoms with Crippen LogP contribution in [-0.2, 0) is 4.79 Å². The van der Waals surface area contributed by atoms with Gasteiger partial charge < -0.3 is 10.1 Å². The SMILES string of the molecule is O=C(COc1ccc(Br)cc1/C=N/NC(=O)c1cccc([N+](=O)[O-])c1)Nc1ccccc1Cl. The van der Waals surface area contributed by atoms with E-state index < -0.39 is 16.7 Å². The lowest BCUT2D eigenvalue weighted by atomic mass is 10.2. The van der Waals surface area contributed by atoms with Crippen molar-refractivity contribution in [1.29, 1.82) is 0 Å². The summed E-state index contributed by atoms with van der Waals surface area (Å²) in [5.41, 5.74) is 3.14. The first-order valence-corrected chi connectivity index (χ1v) is 10.5. The third-order valence-corrected chi connectivity index (χ3v) is 4.99. The number of hydrazone groups is 1. The number of hydrogen-bond acceptors (Lipinski definition) is 6. The average Bonchev–Trinajstić information content (AvgIpc) is 2.80. The zero-order valence-corrected chi connectivity index (χ0v) is 19.2. The first-order chi connectivity index (χ1) is 15.8. The number of rotatable bonds is 8. The van der Waals surface area contributed by atoms with E-state index in [1.165, 1.54) is 24.4 Å². The van der Waals surface area contributed by atoms with Crippen LogP contribution >= 0.6 is 27.5 Å². The van der Waals surface area contributed by atoms with Crippen LogP contribution in [0.1, 0.15) is 15.9 Å². The van der Waals surface area contributed by atoms with Crippen molar-refractivity contribution in [2.24, 2.45) is 5.10 Å². The molecule has 0 atom stereocenters. The Bertz CT molecular complexity index is 1230. The summed E-state index contributed by atoms with van der Waals surface area (Å²) in [5, 5.41) is 17.8. The van der Waals surface area contributed by atoms with Crippen LogP contribution in [0.15, 0.2) is 76.3 Å². The summed E-state index contributed by atoms with van der Waals surface area (Å²) in [5.74, 6) is -0.680. The highest BCUT2D eigenvalue weighted by atomic mass is 79.9. The number of nitrogens with one attached hydrogen (secondary N) is 2. The molecule has 3 aromatic carbocycles. The number of anilines is 1. The quantitative estimate of drug-likeness (QED) is 0.246. The fourth-order valence-electron chi connectivity index (χ4n) is 2.63. The Labute approximate surface area is 201 Å². The molecular formula is C22H16BrClN4O5. The van der Waals surface area contributed by atoms with Gasteiger partial charge in [-0.25, -0.2) is 5.43 Å². The molecule has 3 aromatic rings. The number of nitrogens with zero attached hydrogens (tertiary/aromatic N) is 2. The van der Waals surface area contributed by atoms with Crippen molar-refractivity contribution in [3.63, 3.8) is 0 Å². The zero-order valence-electron chi connectivity index (χ0n) is 16.8. The average molecular weight is 532 g/mol. The van der Waals surface area contributed by atoms with Gasteiger partial charge in [-0.1, -0.05) is 45.7 Å². The highest BCUT2D eigenvalue weighted by Gasteiger charge is 2.12. The van der Waals surface area contributed by atoms with E-state index in [1.54, 1.807) is 42.5 Å². The molecule has 3 rings (SSSR count). The molecule has 168 valence electrons. The van der Waals surface area contributed by atoms with Crippen molar-refractivity contribution in [3.05, 3.63) is 97.5 Å². The molecule has 0 aromatic heterocycles. The molecule has 0 saturated heterocycles. The summed E-state index contributed by atoms with van der Waals surface area (Å²) in [6.07, 6.45) is 1.33. The molecule has 9 nitrogen and oxygen atoms in total. The third kappa shape index (κ3) is 6.86. The summed E-state index contributed by atoms with van der Waals surface area (Å²) in [6.45, 7) is -0.284. The molecule has 0 saturated carbocycles. The number of carbonyl (C=O) groups is 2. The number of carbonyl (C=O) groups excluding carboxylic acids is 2. The van der Waals surface area contributed by atoms with Gasteiger partial charge in [0, 0.05) is 27.7 Å². The van der Waals surface area contributed by atoms with Gasteiger partial charge in [0.25, 0.3) is 17.5 Å². The van der Waals surface area contributed by atoms with Crippen molar-refractivity contribution in [1.82, 2.24) is 5.43 Å². The lowest BCUT2D eigenvalue weighted by Crippen LogP contribution is -2.21. The minimum Gasteiger partial charge on any atom is -0.483 e. The van der Waals surface area contributed by atoms with Gasteiger partial charge in [-0.05, 0) is 36.4 Å². The molecular weight excluding hydrogens is 516 g/mol. The van der Waals surface area contributed by atoms with Crippen molar-refractivity contribution >= 4 is 56.9 Å². The number of ether oxygens (including phenoxy) is 1. The van der Waals surface area contributed by atoms with E-state index in [9.17, 15) is 19.7 Å². The number of non-ortho nitro benzene ring substituents is 1. The van der Waals surface area contributed by atoms with Gasteiger partial charge in [-0.2, -0.15) is 5.10 Å². The largest absolute Gasteiger partial charge is 0.483 e. The Morgan fingerprint density at radius 2 is 1.91 bits per heavy atom. The van der Waals surface area contributed by atoms with Crippen LogP contribution in [0.5, 0.6) is 5.75 Å². The molecule has 11 heteroatoms. The summed E-state index contributed by atoms with van der Waals surface area (Å²) < 4.78 is 6.32. The highest BCUT2D eigenvalue weighted by molar-refractivity contribution is 9.10. The van der Waals surface area contributed by atoms with E-state index in [4.69, 9.17) is 16.3 Å². The van der Waals surface area contributed by atoms with Crippen LogP contribution in [0.2, 0.25) is 5.02 Å². The van der Waals surface area contributed by atoms with Crippen LogP contribution in [0.4, 0.5) is 11.4 Å². The Kier molecular flexibility index (Phi) is 8.11. The van der Waals surface area contributed by atoms with Gasteiger partial charge in [0.05, 0.1) is 21.8 Å². The molecule has 0 bridgehead atoms. The molecule has 0 aliphatic heterocycles. The summed E-state index contributed by atoms with van der Waals surface area (Å²) in [7, 11) is 0. The molecule has 0 aliphatic carbocycles. The molecule has 33 heavy (non-hydrogen) atoms. The number of nitro groups is 1. The number of halogens is 2. The predicted octanol–water partition coefficient (Wildman–Crippen LogP) is 4.79. The van der Waals surface area contributed by atoms with E-state index in [1.807, 2.05) is 0 Å². The molecule has 0 fully saturated rings. The van der Waals surface area contributed by atoms with E-state index in [0.717, 1.165) is 10.5 Å². The van der Waals surface area contributed by atoms with E-state index >= 15 is 0 Å². The maximum absolute atomic E-state index is 12.2. The van der Waals surface area contributed by atoms with Crippen LogP contribution in [-0.4, -0.2) is 29.6 Å². The van der Waals surface area contributed by atoms with E-state index in [0.29, 0.717) is 22.0 Å². The smallest absolute Gasteiger partial charge is 0.271 e. The maximum atomic E-state index is 12.2. The Balaban J connectivity index is 1.64. The van der Waals surface area contributed by atoms with Gasteiger partial charge in [-0.3, -0.25) is 19.7 Å². The monoisotopic (exact) mass is 530 g/mol. The number of hydrogen-bond donors (Lipinski definition) is 2. The van der Waals surface area contributed by atoms with Gasteiger partial charge >= 0.3 is 0 Å². The van der Waals surface area contributed by atoms with Crippen LogP contribution < -0.4 is 15.5 Å². The number of amides is 2. The molecule has 2 N–H and O–H groups in total. The molecule has 0 aliphatic rings. The van der Waals surface area contributed by atoms with Crippen molar-refractivity contribution in [2.45, 2.75) is 0 Å². The van der Waals surface area contributed by atoms with Crippen LogP contribution in [0.3, 0.4) is 0 Å². The predicted molar refractivity (Wildman–Crippen MR) is 128 cm³/mol. The Morgan fingerprint density at radius 3 is 2.67 bits per heavy atom. The number of benzene rings is 3. The van der Waals surface area contributed by atoms with Gasteiger partial charge in [0.2, 0.25) is 0 Å². The maximum Gasteiger partial charge on any atom is 0.271 e. The second-order valence-corrected chi connectivity index (χ2v) is 7.83. The van der Waals surface area contributed by atoms with Crippen molar-refractivity contribution in [3.8, 4) is 5.75 Å². The first-order valence-electron chi connectivity index (χ1n) is 9.38. The molecule has 0 spiro atoms. The standard InChI is InChI=1S/C22H16BrClN4O5/c23-16-8-9-20(33-13-21(29)26-19-7-2-1-6-18(19)24)15(10-16)12-25-27-22(30)14-4-3-5-17(11-14)28(31)32/h1-12H,13H2,(H,26,29)(H,27,30)/b25-12+. The Morgan fingerprint density at radius 1 is 1.12 bits per heavy atom. The third-order valence-electron chi connectivity index (χ3n) is 4.17.